The van der Waals surface area contributed by atoms with Crippen LogP contribution >= 0.6 is 0 Å². The van der Waals surface area contributed by atoms with Crippen molar-refractivity contribution < 1.29 is 4.79 Å². The summed E-state index contributed by atoms with van der Waals surface area (Å²) in [6.07, 6.45) is 1.12. The third-order valence-electron chi connectivity index (χ3n) is 4.76. The maximum Gasteiger partial charge on any atom is 0.251 e. The van der Waals surface area contributed by atoms with E-state index in [-0.39, 0.29) is 5.91 Å². The quantitative estimate of drug-likeness (QED) is 0.716. The first kappa shape index (κ1) is 19.7. The standard InChI is InChI=1S/C22H27N5O/c1-14-7-6-8-19(11-14)9-10-23-21(28)13-20-17(4)26-27(18(20)5)22-24-15(2)12-16(3)25-22/h6-8,11-12H,9-10,13H2,1-5H3,(H,23,28). The molecule has 0 atom stereocenters. The van der Waals surface area contributed by atoms with Crippen molar-refractivity contribution in [3.8, 4) is 5.95 Å². The number of carbonyl (C=O) groups excluding carboxylic acids is 1. The zero-order valence-electron chi connectivity index (χ0n) is 17.2. The highest BCUT2D eigenvalue weighted by Crippen LogP contribution is 2.17. The number of rotatable bonds is 6. The molecular weight excluding hydrogens is 350 g/mol. The van der Waals surface area contributed by atoms with Crippen LogP contribution < -0.4 is 5.32 Å². The van der Waals surface area contributed by atoms with Gasteiger partial charge in [-0.05, 0) is 52.7 Å². The minimum Gasteiger partial charge on any atom is -0.355 e. The topological polar surface area (TPSA) is 72.7 Å². The summed E-state index contributed by atoms with van der Waals surface area (Å²) in [5.74, 6) is 0.545. The van der Waals surface area contributed by atoms with Gasteiger partial charge in [-0.1, -0.05) is 29.8 Å². The molecule has 146 valence electrons. The summed E-state index contributed by atoms with van der Waals surface area (Å²) in [5.41, 5.74) is 6.90. The van der Waals surface area contributed by atoms with Crippen LogP contribution in [0, 0.1) is 34.6 Å². The number of amides is 1. The van der Waals surface area contributed by atoms with E-state index >= 15 is 0 Å². The fourth-order valence-electron chi connectivity index (χ4n) is 3.36. The second-order valence-electron chi connectivity index (χ2n) is 7.28. The summed E-state index contributed by atoms with van der Waals surface area (Å²) >= 11 is 0. The van der Waals surface area contributed by atoms with E-state index in [0.717, 1.165) is 34.8 Å². The highest BCUT2D eigenvalue weighted by atomic mass is 16.1. The lowest BCUT2D eigenvalue weighted by Gasteiger charge is -2.07. The number of aryl methyl sites for hydroxylation is 4. The third kappa shape index (κ3) is 4.63. The summed E-state index contributed by atoms with van der Waals surface area (Å²) in [6.45, 7) is 10.4. The van der Waals surface area contributed by atoms with Gasteiger partial charge in [0.1, 0.15) is 0 Å². The van der Waals surface area contributed by atoms with E-state index in [2.05, 4.69) is 45.5 Å². The lowest BCUT2D eigenvalue weighted by Crippen LogP contribution is -2.27. The van der Waals surface area contributed by atoms with Gasteiger partial charge in [0.05, 0.1) is 12.1 Å². The minimum absolute atomic E-state index is 0.000237. The minimum atomic E-state index is -0.000237. The fourth-order valence-corrected chi connectivity index (χ4v) is 3.36. The Morgan fingerprint density at radius 3 is 2.43 bits per heavy atom. The molecule has 28 heavy (non-hydrogen) atoms. The zero-order valence-corrected chi connectivity index (χ0v) is 17.2. The fraction of sp³-hybridized carbons (Fsp3) is 0.364. The van der Waals surface area contributed by atoms with Crippen LogP contribution in [0.5, 0.6) is 0 Å². The second-order valence-corrected chi connectivity index (χ2v) is 7.28. The van der Waals surface area contributed by atoms with Crippen molar-refractivity contribution in [3.05, 3.63) is 69.8 Å². The molecule has 0 saturated carbocycles. The zero-order chi connectivity index (χ0) is 20.3. The van der Waals surface area contributed by atoms with Gasteiger partial charge in [0.15, 0.2) is 0 Å². The molecule has 0 aliphatic heterocycles. The van der Waals surface area contributed by atoms with Gasteiger partial charge in [-0.25, -0.2) is 14.6 Å². The second kappa shape index (κ2) is 8.33. The highest BCUT2D eigenvalue weighted by Gasteiger charge is 2.17. The molecule has 2 heterocycles. The van der Waals surface area contributed by atoms with Crippen molar-refractivity contribution in [1.29, 1.82) is 0 Å². The molecule has 1 aromatic carbocycles. The predicted octanol–water partition coefficient (Wildman–Crippen LogP) is 3.11. The molecule has 0 bridgehead atoms. The highest BCUT2D eigenvalue weighted by molar-refractivity contribution is 5.79. The van der Waals surface area contributed by atoms with Gasteiger partial charge in [0.2, 0.25) is 5.91 Å². The number of hydrogen-bond donors (Lipinski definition) is 1. The Hall–Kier alpha value is -3.02. The van der Waals surface area contributed by atoms with Crippen LogP contribution in [0.1, 0.15) is 39.5 Å². The monoisotopic (exact) mass is 377 g/mol. The van der Waals surface area contributed by atoms with Crippen LogP contribution in [0.2, 0.25) is 0 Å². The molecule has 1 N–H and O–H groups in total. The molecule has 6 nitrogen and oxygen atoms in total. The maximum absolute atomic E-state index is 12.4. The number of carbonyl (C=O) groups is 1. The molecule has 0 radical (unpaired) electrons. The number of nitrogens with one attached hydrogen (secondary N) is 1. The van der Waals surface area contributed by atoms with E-state index < -0.39 is 0 Å². The predicted molar refractivity (Wildman–Crippen MR) is 110 cm³/mol. The molecule has 0 spiro atoms. The van der Waals surface area contributed by atoms with E-state index in [1.54, 1.807) is 4.68 Å². The SMILES string of the molecule is Cc1cccc(CCNC(=O)Cc2c(C)nn(-c3nc(C)cc(C)n3)c2C)c1. The van der Waals surface area contributed by atoms with E-state index in [1.165, 1.54) is 11.1 Å². The summed E-state index contributed by atoms with van der Waals surface area (Å²) in [6, 6.07) is 10.3. The summed E-state index contributed by atoms with van der Waals surface area (Å²) in [7, 11) is 0. The van der Waals surface area contributed by atoms with E-state index in [0.29, 0.717) is 18.9 Å². The Bertz CT molecular complexity index is 986. The average molecular weight is 377 g/mol. The molecule has 6 heteroatoms. The third-order valence-corrected chi connectivity index (χ3v) is 4.76. The Balaban J connectivity index is 1.67. The first-order valence-corrected chi connectivity index (χ1v) is 9.53. The van der Waals surface area contributed by atoms with Crippen LogP contribution in [0.3, 0.4) is 0 Å². The van der Waals surface area contributed by atoms with Crippen LogP contribution in [0.25, 0.3) is 5.95 Å². The lowest BCUT2D eigenvalue weighted by atomic mass is 10.1. The Morgan fingerprint density at radius 2 is 1.75 bits per heavy atom. The Kier molecular flexibility index (Phi) is 5.87. The molecule has 0 aliphatic carbocycles. The lowest BCUT2D eigenvalue weighted by molar-refractivity contribution is -0.120. The Labute approximate surface area is 166 Å². The molecule has 0 unspecified atom stereocenters. The molecule has 3 aromatic rings. The smallest absolute Gasteiger partial charge is 0.251 e. The van der Waals surface area contributed by atoms with Crippen molar-refractivity contribution in [2.24, 2.45) is 0 Å². The summed E-state index contributed by atoms with van der Waals surface area (Å²) in [5, 5.41) is 7.58. The molecule has 1 amide bonds. The van der Waals surface area contributed by atoms with Gasteiger partial charge in [0, 0.05) is 29.2 Å². The molecule has 0 saturated heterocycles. The molecule has 0 aliphatic rings. The number of benzene rings is 1. The van der Waals surface area contributed by atoms with Crippen molar-refractivity contribution in [2.45, 2.75) is 47.5 Å². The van der Waals surface area contributed by atoms with Crippen LogP contribution in [-0.4, -0.2) is 32.2 Å². The van der Waals surface area contributed by atoms with E-state index in [1.807, 2.05) is 39.8 Å². The number of aromatic nitrogens is 4. The van der Waals surface area contributed by atoms with Crippen molar-refractivity contribution in [2.75, 3.05) is 6.54 Å². The molecule has 0 fully saturated rings. The van der Waals surface area contributed by atoms with Crippen LogP contribution in [-0.2, 0) is 17.6 Å². The van der Waals surface area contributed by atoms with Gasteiger partial charge in [-0.15, -0.1) is 0 Å². The first-order chi connectivity index (χ1) is 13.3. The first-order valence-electron chi connectivity index (χ1n) is 9.53. The average Bonchev–Trinajstić information content (AvgIpc) is 2.89. The van der Waals surface area contributed by atoms with Crippen LogP contribution in [0.4, 0.5) is 0 Å². The summed E-state index contributed by atoms with van der Waals surface area (Å²) < 4.78 is 1.73. The molecule has 2 aromatic heterocycles. The molecule has 3 rings (SSSR count). The van der Waals surface area contributed by atoms with E-state index in [4.69, 9.17) is 0 Å². The molecular formula is C22H27N5O. The van der Waals surface area contributed by atoms with Gasteiger partial charge < -0.3 is 5.32 Å². The van der Waals surface area contributed by atoms with Crippen molar-refractivity contribution >= 4 is 5.91 Å². The van der Waals surface area contributed by atoms with Crippen molar-refractivity contribution in [3.63, 3.8) is 0 Å². The number of nitrogens with zero attached hydrogens (tertiary/aromatic N) is 4. The van der Waals surface area contributed by atoms with Gasteiger partial charge in [0.25, 0.3) is 5.95 Å². The van der Waals surface area contributed by atoms with Crippen LogP contribution in [0.15, 0.2) is 30.3 Å². The Morgan fingerprint density at radius 1 is 1.04 bits per heavy atom. The van der Waals surface area contributed by atoms with Gasteiger partial charge in [-0.2, -0.15) is 5.10 Å². The van der Waals surface area contributed by atoms with Gasteiger partial charge >= 0.3 is 0 Å². The van der Waals surface area contributed by atoms with Gasteiger partial charge in [-0.3, -0.25) is 4.79 Å². The summed E-state index contributed by atoms with van der Waals surface area (Å²) in [4.78, 5) is 21.4. The normalized spacial score (nSPS) is 10.9. The number of hydrogen-bond acceptors (Lipinski definition) is 4. The van der Waals surface area contributed by atoms with Crippen molar-refractivity contribution in [1.82, 2.24) is 25.1 Å². The largest absolute Gasteiger partial charge is 0.355 e. The maximum atomic E-state index is 12.4. The van der Waals surface area contributed by atoms with E-state index in [9.17, 15) is 4.79 Å².